The average molecular weight is 278 g/mol. The lowest BCUT2D eigenvalue weighted by Crippen LogP contribution is -2.21. The fraction of sp³-hybridized carbons (Fsp3) is 0.778. The smallest absolute Gasteiger partial charge is 0.273 e. The molecular weight excluding hydrogens is 260 g/mol. The zero-order valence-electron chi connectivity index (χ0n) is 10.5. The van der Waals surface area contributed by atoms with Crippen molar-refractivity contribution >= 4 is 10.0 Å². The number of primary sulfonamides is 1. The second-order valence-corrected chi connectivity index (χ2v) is 4.99. The molecule has 9 heteroatoms. The maximum Gasteiger partial charge on any atom is 0.273 e. The molecule has 104 valence electrons. The van der Waals surface area contributed by atoms with Gasteiger partial charge in [-0.1, -0.05) is 0 Å². The Hall–Kier alpha value is -1.03. The zero-order valence-corrected chi connectivity index (χ0v) is 11.3. The van der Waals surface area contributed by atoms with Crippen LogP contribution in [-0.4, -0.2) is 50.1 Å². The van der Waals surface area contributed by atoms with E-state index in [0.29, 0.717) is 38.6 Å². The summed E-state index contributed by atoms with van der Waals surface area (Å²) in [6.45, 7) is 3.60. The van der Waals surface area contributed by atoms with E-state index in [4.69, 9.17) is 14.6 Å². The van der Waals surface area contributed by atoms with Crippen molar-refractivity contribution in [1.29, 1.82) is 0 Å². The second kappa shape index (κ2) is 6.78. The Balaban J connectivity index is 2.92. The van der Waals surface area contributed by atoms with E-state index in [2.05, 4.69) is 10.2 Å². The third-order valence-corrected chi connectivity index (χ3v) is 3.05. The molecule has 18 heavy (non-hydrogen) atoms. The monoisotopic (exact) mass is 278 g/mol. The van der Waals surface area contributed by atoms with Gasteiger partial charge >= 0.3 is 0 Å². The molecule has 0 aliphatic rings. The first-order valence-electron chi connectivity index (χ1n) is 5.52. The minimum atomic E-state index is -3.88. The van der Waals surface area contributed by atoms with Crippen LogP contribution in [0.4, 0.5) is 0 Å². The highest BCUT2D eigenvalue weighted by Gasteiger charge is 2.20. The predicted molar refractivity (Wildman–Crippen MR) is 63.5 cm³/mol. The standard InChI is InChI=1S/C9H18N4O4S/c1-3-17-6-4-8-11-12-9(18(10,14)15)13(8)5-7-16-2/h3-7H2,1-2H3,(H2,10,14,15). The molecule has 0 radical (unpaired) electrons. The van der Waals surface area contributed by atoms with E-state index < -0.39 is 10.0 Å². The second-order valence-electron chi connectivity index (χ2n) is 3.54. The van der Waals surface area contributed by atoms with Crippen molar-refractivity contribution in [2.75, 3.05) is 26.9 Å². The lowest BCUT2D eigenvalue weighted by Gasteiger charge is -2.08. The number of sulfonamides is 1. The summed E-state index contributed by atoms with van der Waals surface area (Å²) in [5, 5.41) is 12.3. The van der Waals surface area contributed by atoms with Crippen molar-refractivity contribution in [2.45, 2.75) is 25.0 Å². The van der Waals surface area contributed by atoms with Crippen LogP contribution in [0.2, 0.25) is 0 Å². The molecule has 0 aromatic carbocycles. The van der Waals surface area contributed by atoms with Crippen LogP contribution in [0, 0.1) is 0 Å². The van der Waals surface area contributed by atoms with Gasteiger partial charge in [0.15, 0.2) is 0 Å². The summed E-state index contributed by atoms with van der Waals surface area (Å²) in [5.41, 5.74) is 0. The Kier molecular flexibility index (Phi) is 5.66. The molecule has 0 fully saturated rings. The summed E-state index contributed by atoms with van der Waals surface area (Å²) < 4.78 is 34.2. The van der Waals surface area contributed by atoms with Gasteiger partial charge in [0, 0.05) is 26.7 Å². The summed E-state index contributed by atoms with van der Waals surface area (Å²) in [4.78, 5) is 0. The van der Waals surface area contributed by atoms with Crippen LogP contribution in [-0.2, 0) is 32.5 Å². The van der Waals surface area contributed by atoms with Crippen LogP contribution in [0.5, 0.6) is 0 Å². The predicted octanol–water partition coefficient (Wildman–Crippen LogP) is -0.849. The Bertz CT molecular complexity index is 471. The van der Waals surface area contributed by atoms with Gasteiger partial charge in [0.05, 0.1) is 13.2 Å². The number of nitrogens with two attached hydrogens (primary N) is 1. The summed E-state index contributed by atoms with van der Waals surface area (Å²) in [6, 6.07) is 0. The van der Waals surface area contributed by atoms with Crippen LogP contribution < -0.4 is 5.14 Å². The molecule has 0 saturated carbocycles. The van der Waals surface area contributed by atoms with Gasteiger partial charge in [-0.3, -0.25) is 4.57 Å². The number of methoxy groups -OCH3 is 1. The number of ether oxygens (including phenoxy) is 2. The fourth-order valence-electron chi connectivity index (χ4n) is 1.43. The highest BCUT2D eigenvalue weighted by atomic mass is 32.2. The molecule has 0 unspecified atom stereocenters. The third-order valence-electron chi connectivity index (χ3n) is 2.24. The van der Waals surface area contributed by atoms with Crippen LogP contribution in [0.3, 0.4) is 0 Å². The molecule has 0 amide bonds. The van der Waals surface area contributed by atoms with Crippen LogP contribution >= 0.6 is 0 Å². The van der Waals surface area contributed by atoms with E-state index in [1.165, 1.54) is 11.7 Å². The van der Waals surface area contributed by atoms with E-state index in [0.717, 1.165) is 0 Å². The molecule has 1 heterocycles. The van der Waals surface area contributed by atoms with Crippen molar-refractivity contribution in [1.82, 2.24) is 14.8 Å². The van der Waals surface area contributed by atoms with Gasteiger partial charge in [0.1, 0.15) is 5.82 Å². The molecule has 0 bridgehead atoms. The summed E-state index contributed by atoms with van der Waals surface area (Å²) in [6.07, 6.45) is 0.472. The molecule has 0 aliphatic carbocycles. The van der Waals surface area contributed by atoms with Gasteiger partial charge in [-0.15, -0.1) is 10.2 Å². The number of rotatable bonds is 8. The Morgan fingerprint density at radius 1 is 1.33 bits per heavy atom. The molecule has 1 aromatic heterocycles. The molecule has 0 spiro atoms. The molecule has 0 atom stereocenters. The van der Waals surface area contributed by atoms with Gasteiger partial charge in [0.2, 0.25) is 0 Å². The van der Waals surface area contributed by atoms with Crippen LogP contribution in [0.25, 0.3) is 0 Å². The van der Waals surface area contributed by atoms with Gasteiger partial charge in [-0.05, 0) is 6.92 Å². The van der Waals surface area contributed by atoms with Crippen LogP contribution in [0.15, 0.2) is 5.16 Å². The first-order valence-corrected chi connectivity index (χ1v) is 7.07. The molecule has 8 nitrogen and oxygen atoms in total. The van der Waals surface area contributed by atoms with Gasteiger partial charge in [0.25, 0.3) is 15.2 Å². The summed E-state index contributed by atoms with van der Waals surface area (Å²) in [7, 11) is -2.35. The van der Waals surface area contributed by atoms with E-state index in [9.17, 15) is 8.42 Å². The number of nitrogens with zero attached hydrogens (tertiary/aromatic N) is 3. The van der Waals surface area contributed by atoms with Crippen molar-refractivity contribution in [3.63, 3.8) is 0 Å². The molecule has 2 N–H and O–H groups in total. The normalized spacial score (nSPS) is 11.9. The van der Waals surface area contributed by atoms with Crippen molar-refractivity contribution in [3.05, 3.63) is 5.82 Å². The van der Waals surface area contributed by atoms with Gasteiger partial charge in [-0.25, -0.2) is 13.6 Å². The van der Waals surface area contributed by atoms with Crippen molar-refractivity contribution in [2.24, 2.45) is 5.14 Å². The maximum absolute atomic E-state index is 11.3. The van der Waals surface area contributed by atoms with Crippen molar-refractivity contribution in [3.8, 4) is 0 Å². The minimum absolute atomic E-state index is 0.244. The molecule has 0 aliphatic heterocycles. The van der Waals surface area contributed by atoms with E-state index in [-0.39, 0.29) is 5.16 Å². The third kappa shape index (κ3) is 4.02. The highest BCUT2D eigenvalue weighted by molar-refractivity contribution is 7.89. The molecular formula is C9H18N4O4S. The molecule has 1 rings (SSSR count). The lowest BCUT2D eigenvalue weighted by molar-refractivity contribution is 0.147. The first-order chi connectivity index (χ1) is 8.50. The largest absolute Gasteiger partial charge is 0.383 e. The topological polar surface area (TPSA) is 109 Å². The first kappa shape index (κ1) is 15.0. The van der Waals surface area contributed by atoms with Crippen LogP contribution in [0.1, 0.15) is 12.7 Å². The maximum atomic E-state index is 11.3. The average Bonchev–Trinajstić information content (AvgIpc) is 2.69. The Morgan fingerprint density at radius 3 is 2.61 bits per heavy atom. The van der Waals surface area contributed by atoms with Gasteiger partial charge < -0.3 is 9.47 Å². The lowest BCUT2D eigenvalue weighted by atomic mass is 10.4. The quantitative estimate of drug-likeness (QED) is 0.620. The summed E-state index contributed by atoms with van der Waals surface area (Å²) >= 11 is 0. The SMILES string of the molecule is CCOCCc1nnc(S(N)(=O)=O)n1CCOC. The minimum Gasteiger partial charge on any atom is -0.383 e. The number of hydrogen-bond acceptors (Lipinski definition) is 6. The van der Waals surface area contributed by atoms with E-state index in [1.807, 2.05) is 6.92 Å². The fourth-order valence-corrected chi connectivity index (χ4v) is 2.09. The Morgan fingerprint density at radius 2 is 2.06 bits per heavy atom. The number of hydrogen-bond donors (Lipinski definition) is 1. The van der Waals surface area contributed by atoms with Gasteiger partial charge in [-0.2, -0.15) is 0 Å². The highest BCUT2D eigenvalue weighted by Crippen LogP contribution is 2.08. The molecule has 0 saturated heterocycles. The zero-order chi connectivity index (χ0) is 13.6. The van der Waals surface area contributed by atoms with E-state index >= 15 is 0 Å². The van der Waals surface area contributed by atoms with E-state index in [1.54, 1.807) is 0 Å². The van der Waals surface area contributed by atoms with Crippen molar-refractivity contribution < 1.29 is 17.9 Å². The molecule has 1 aromatic rings. The number of aromatic nitrogens is 3. The summed E-state index contributed by atoms with van der Waals surface area (Å²) in [5.74, 6) is 0.518. The Labute approximate surface area is 106 Å².